The first-order valence-electron chi connectivity index (χ1n) is 14.3. The monoisotopic (exact) mass is 583 g/mol. The molecule has 41 heavy (non-hydrogen) atoms. The summed E-state index contributed by atoms with van der Waals surface area (Å²) in [6.45, 7) is 6.32. The molecule has 4 heterocycles. The van der Waals surface area contributed by atoms with E-state index in [4.69, 9.17) is 0 Å². The largest absolute Gasteiger partial charge is 0.368 e. The van der Waals surface area contributed by atoms with Gasteiger partial charge in [-0.25, -0.2) is 13.4 Å². The number of carbonyl (C=O) groups is 4. The van der Waals surface area contributed by atoms with Crippen molar-refractivity contribution < 1.29 is 27.6 Å². The van der Waals surface area contributed by atoms with Gasteiger partial charge < -0.3 is 14.7 Å². The Balaban J connectivity index is 1.26. The fraction of sp³-hybridized carbons (Fsp3) is 0.552. The number of nitrogens with zero attached hydrogens (tertiary/aromatic N) is 5. The van der Waals surface area contributed by atoms with E-state index in [1.54, 1.807) is 4.90 Å². The first-order valence-corrected chi connectivity index (χ1v) is 15.7. The predicted molar refractivity (Wildman–Crippen MR) is 154 cm³/mol. The second-order valence-corrected chi connectivity index (χ2v) is 13.3. The zero-order chi connectivity index (χ0) is 29.3. The van der Waals surface area contributed by atoms with E-state index in [1.807, 2.05) is 44.2 Å². The van der Waals surface area contributed by atoms with Crippen LogP contribution in [0.15, 0.2) is 47.6 Å². The summed E-state index contributed by atoms with van der Waals surface area (Å²) in [6, 6.07) is 8.37. The summed E-state index contributed by atoms with van der Waals surface area (Å²) < 4.78 is 27.7. The highest BCUT2D eigenvalue weighted by molar-refractivity contribution is 8.06. The predicted octanol–water partition coefficient (Wildman–Crippen LogP) is 1.46. The van der Waals surface area contributed by atoms with Gasteiger partial charge in [0.15, 0.2) is 11.6 Å². The van der Waals surface area contributed by atoms with E-state index in [9.17, 15) is 27.6 Å². The van der Waals surface area contributed by atoms with Crippen LogP contribution < -0.4 is 4.90 Å². The molecule has 4 aliphatic rings. The van der Waals surface area contributed by atoms with Crippen LogP contribution in [0.4, 0.5) is 5.69 Å². The molecule has 0 aliphatic carbocycles. The lowest BCUT2D eigenvalue weighted by Crippen LogP contribution is -2.50. The lowest BCUT2D eigenvalue weighted by molar-refractivity contribution is -0.144. The number of piperazine rings is 1. The SMILES string of the molecule is CC(C)CC(CC(=O)N1CCN(c2ccccc2)CC1)C(=O)N1CCC2C1C(=O)CN2S(=O)(=O)C1=NC=CCC1=O. The van der Waals surface area contributed by atoms with Crippen molar-refractivity contribution in [2.24, 2.45) is 16.8 Å². The van der Waals surface area contributed by atoms with Crippen LogP contribution in [0.5, 0.6) is 0 Å². The lowest BCUT2D eigenvalue weighted by Gasteiger charge is -2.37. The molecule has 0 radical (unpaired) electrons. The molecule has 0 aromatic heterocycles. The summed E-state index contributed by atoms with van der Waals surface area (Å²) in [4.78, 5) is 62.0. The first-order chi connectivity index (χ1) is 19.6. The van der Waals surface area contributed by atoms with Gasteiger partial charge >= 0.3 is 0 Å². The molecule has 3 atom stereocenters. The number of likely N-dealkylation sites (tertiary alicyclic amines) is 1. The van der Waals surface area contributed by atoms with Gasteiger partial charge in [-0.15, -0.1) is 0 Å². The van der Waals surface area contributed by atoms with Gasteiger partial charge in [0.25, 0.3) is 10.0 Å². The second-order valence-electron chi connectivity index (χ2n) is 11.5. The standard InChI is InChI=1S/C29H37N5O6S/c1-20(2)17-21(18-26(37)32-15-13-31(14-16-32)22-7-4-3-5-8-22)29(38)33-12-10-23-27(33)25(36)19-34(23)41(39,40)28-24(35)9-6-11-30-28/h3-8,11,20-21,23,27H,9-10,12-19H2,1-2H3. The minimum Gasteiger partial charge on any atom is -0.368 e. The zero-order valence-corrected chi connectivity index (χ0v) is 24.3. The summed E-state index contributed by atoms with van der Waals surface area (Å²) in [7, 11) is -4.29. The molecule has 5 rings (SSSR count). The molecule has 3 fully saturated rings. The fourth-order valence-electron chi connectivity index (χ4n) is 6.37. The van der Waals surface area contributed by atoms with Crippen LogP contribution in [-0.2, 0) is 29.2 Å². The number of benzene rings is 1. The van der Waals surface area contributed by atoms with Crippen molar-refractivity contribution in [3.05, 3.63) is 42.6 Å². The summed E-state index contributed by atoms with van der Waals surface area (Å²) in [5.41, 5.74) is 1.12. The number of rotatable bonds is 7. The second kappa shape index (κ2) is 11.8. The number of anilines is 1. The van der Waals surface area contributed by atoms with E-state index in [2.05, 4.69) is 9.89 Å². The average Bonchev–Trinajstić information content (AvgIpc) is 3.54. The maximum Gasteiger partial charge on any atom is 0.264 e. The minimum absolute atomic E-state index is 0.0457. The molecular weight excluding hydrogens is 546 g/mol. The van der Waals surface area contributed by atoms with Crippen molar-refractivity contribution in [2.75, 3.05) is 44.2 Å². The van der Waals surface area contributed by atoms with Crippen LogP contribution in [0.3, 0.4) is 0 Å². The molecule has 2 amide bonds. The first kappa shape index (κ1) is 29.1. The Morgan fingerprint density at radius 3 is 2.39 bits per heavy atom. The Morgan fingerprint density at radius 2 is 1.73 bits per heavy atom. The van der Waals surface area contributed by atoms with Gasteiger partial charge in [-0.3, -0.25) is 19.2 Å². The number of carbonyl (C=O) groups excluding carboxylic acids is 4. The quantitative estimate of drug-likeness (QED) is 0.475. The summed E-state index contributed by atoms with van der Waals surface area (Å²) in [5.74, 6) is -1.84. The van der Waals surface area contributed by atoms with E-state index in [-0.39, 0.29) is 49.3 Å². The molecule has 12 heteroatoms. The van der Waals surface area contributed by atoms with E-state index in [1.165, 1.54) is 17.2 Å². The number of aliphatic imine (C=N–C) groups is 1. The molecule has 3 saturated heterocycles. The summed E-state index contributed by atoms with van der Waals surface area (Å²) in [5, 5.41) is -0.561. The number of hydrogen-bond acceptors (Lipinski definition) is 8. The smallest absolute Gasteiger partial charge is 0.264 e. The summed E-state index contributed by atoms with van der Waals surface area (Å²) >= 11 is 0. The van der Waals surface area contributed by atoms with Crippen LogP contribution in [0.2, 0.25) is 0 Å². The molecule has 220 valence electrons. The summed E-state index contributed by atoms with van der Waals surface area (Å²) in [6.07, 6.45) is 3.51. The number of hydrogen-bond donors (Lipinski definition) is 0. The Hall–Kier alpha value is -3.38. The molecule has 3 unspecified atom stereocenters. The van der Waals surface area contributed by atoms with Gasteiger partial charge in [0.2, 0.25) is 16.9 Å². The molecule has 0 saturated carbocycles. The molecule has 0 N–H and O–H groups in total. The van der Waals surface area contributed by atoms with Crippen LogP contribution in [0.25, 0.3) is 0 Å². The maximum absolute atomic E-state index is 13.9. The molecule has 1 aromatic rings. The molecular formula is C29H37N5O6S. The number of ketones is 2. The number of para-hydroxylation sites is 1. The minimum atomic E-state index is -4.29. The Kier molecular flexibility index (Phi) is 8.42. The number of sulfonamides is 1. The van der Waals surface area contributed by atoms with Crippen LogP contribution in [0.1, 0.15) is 39.5 Å². The topological polar surface area (TPSA) is 128 Å². The third-order valence-corrected chi connectivity index (χ3v) is 10.2. The molecule has 11 nitrogen and oxygen atoms in total. The van der Waals surface area contributed by atoms with Crippen molar-refractivity contribution in [2.45, 2.75) is 51.6 Å². The van der Waals surface area contributed by atoms with Crippen molar-refractivity contribution in [3.63, 3.8) is 0 Å². The van der Waals surface area contributed by atoms with Gasteiger partial charge in [-0.2, -0.15) is 4.31 Å². The van der Waals surface area contributed by atoms with Gasteiger partial charge in [0.1, 0.15) is 6.04 Å². The Labute approximate surface area is 240 Å². The fourth-order valence-corrected chi connectivity index (χ4v) is 8.03. The van der Waals surface area contributed by atoms with Gasteiger partial charge in [0.05, 0.1) is 12.6 Å². The van der Waals surface area contributed by atoms with E-state index >= 15 is 0 Å². The van der Waals surface area contributed by atoms with Crippen molar-refractivity contribution in [1.82, 2.24) is 14.1 Å². The number of allylic oxidation sites excluding steroid dienone is 1. The number of Topliss-reactive ketones (excluding diaryl/α,β-unsaturated/α-hetero) is 2. The van der Waals surface area contributed by atoms with Gasteiger partial charge in [-0.1, -0.05) is 38.1 Å². The highest BCUT2D eigenvalue weighted by atomic mass is 32.2. The van der Waals surface area contributed by atoms with Gasteiger partial charge in [-0.05, 0) is 30.9 Å². The normalized spacial score (nSPS) is 24.2. The number of fused-ring (bicyclic) bond motifs is 1. The third-order valence-electron chi connectivity index (χ3n) is 8.33. The van der Waals surface area contributed by atoms with Crippen LogP contribution in [0, 0.1) is 11.8 Å². The third kappa shape index (κ3) is 5.85. The molecule has 0 bridgehead atoms. The van der Waals surface area contributed by atoms with E-state index < -0.39 is 45.4 Å². The molecule has 0 spiro atoms. The maximum atomic E-state index is 13.9. The average molecular weight is 584 g/mol. The van der Waals surface area contributed by atoms with Crippen LogP contribution in [-0.4, -0.2) is 102 Å². The van der Waals surface area contributed by atoms with E-state index in [0.717, 1.165) is 9.99 Å². The highest BCUT2D eigenvalue weighted by Crippen LogP contribution is 2.35. The number of amides is 2. The molecule has 4 aliphatic heterocycles. The Morgan fingerprint density at radius 1 is 1.02 bits per heavy atom. The zero-order valence-electron chi connectivity index (χ0n) is 23.5. The van der Waals surface area contributed by atoms with Crippen molar-refractivity contribution >= 4 is 44.1 Å². The Bertz CT molecular complexity index is 1370. The molecule has 1 aromatic carbocycles. The lowest BCUT2D eigenvalue weighted by atomic mass is 9.91. The van der Waals surface area contributed by atoms with Crippen LogP contribution >= 0.6 is 0 Å². The van der Waals surface area contributed by atoms with Crippen molar-refractivity contribution in [1.29, 1.82) is 0 Å². The highest BCUT2D eigenvalue weighted by Gasteiger charge is 2.55. The van der Waals surface area contributed by atoms with Gasteiger partial charge in [0, 0.05) is 63.4 Å². The van der Waals surface area contributed by atoms with Crippen molar-refractivity contribution in [3.8, 4) is 0 Å². The van der Waals surface area contributed by atoms with E-state index in [0.29, 0.717) is 32.6 Å².